The third-order valence-electron chi connectivity index (χ3n) is 6.17. The molecule has 3 N–H and O–H groups in total. The predicted octanol–water partition coefficient (Wildman–Crippen LogP) is 4.71. The fraction of sp³-hybridized carbons (Fsp3) is 0.308. The van der Waals surface area contributed by atoms with Crippen molar-refractivity contribution in [1.82, 2.24) is 10.3 Å². The van der Waals surface area contributed by atoms with Crippen molar-refractivity contribution in [2.24, 2.45) is 5.92 Å². The fourth-order valence-corrected chi connectivity index (χ4v) is 4.47. The quantitative estimate of drug-likeness (QED) is 0.463. The highest BCUT2D eigenvalue weighted by molar-refractivity contribution is 5.70. The number of aliphatic carboxylic acids is 1. The summed E-state index contributed by atoms with van der Waals surface area (Å²) in [6, 6.07) is 16.0. The molecule has 172 valence electrons. The van der Waals surface area contributed by atoms with E-state index in [4.69, 9.17) is 5.11 Å². The van der Waals surface area contributed by atoms with Crippen LogP contribution in [0.2, 0.25) is 0 Å². The number of fused-ring (bicyclic) bond motifs is 1. The lowest BCUT2D eigenvalue weighted by molar-refractivity contribution is -0.136. The first-order valence-electron chi connectivity index (χ1n) is 11.1. The number of carboxylic acid groups (broad SMARTS) is 1. The van der Waals surface area contributed by atoms with Crippen LogP contribution in [0.5, 0.6) is 0 Å². The molecule has 0 bridgehead atoms. The molecule has 4 rings (SSSR count). The highest BCUT2D eigenvalue weighted by atomic mass is 19.1. The molecule has 2 heterocycles. The van der Waals surface area contributed by atoms with Crippen molar-refractivity contribution in [3.8, 4) is 0 Å². The summed E-state index contributed by atoms with van der Waals surface area (Å²) in [4.78, 5) is 15.3. The first-order valence-corrected chi connectivity index (χ1v) is 11.1. The number of hydrogen-bond acceptors (Lipinski definition) is 4. The van der Waals surface area contributed by atoms with Gasteiger partial charge in [0.25, 0.3) is 0 Å². The van der Waals surface area contributed by atoms with Crippen molar-refractivity contribution in [2.75, 3.05) is 18.4 Å². The maximum atomic E-state index is 14.5. The SMILES string of the molecule is C[C@H](CN[C@H](c1ccccc1)[C@@H]1CNc2cc(F)cnc2C1)c1cc(CC(=O)O)ccc1F. The van der Waals surface area contributed by atoms with Gasteiger partial charge >= 0.3 is 5.97 Å². The Hall–Kier alpha value is -3.32. The molecule has 1 aliphatic heterocycles. The molecule has 0 aliphatic carbocycles. The monoisotopic (exact) mass is 451 g/mol. The van der Waals surface area contributed by atoms with E-state index >= 15 is 0 Å². The lowest BCUT2D eigenvalue weighted by atomic mass is 9.86. The second-order valence-electron chi connectivity index (χ2n) is 8.62. The zero-order valence-corrected chi connectivity index (χ0v) is 18.4. The molecule has 2 aromatic carbocycles. The Kier molecular flexibility index (Phi) is 6.99. The molecule has 1 aromatic heterocycles. The number of nitrogens with one attached hydrogen (secondary N) is 2. The summed E-state index contributed by atoms with van der Waals surface area (Å²) in [6.07, 6.45) is 1.79. The van der Waals surface area contributed by atoms with Gasteiger partial charge in [0.2, 0.25) is 0 Å². The Balaban J connectivity index is 1.52. The van der Waals surface area contributed by atoms with Gasteiger partial charge in [-0.2, -0.15) is 0 Å². The van der Waals surface area contributed by atoms with Crippen LogP contribution in [0.3, 0.4) is 0 Å². The Morgan fingerprint density at radius 3 is 2.76 bits per heavy atom. The number of carbonyl (C=O) groups is 1. The smallest absolute Gasteiger partial charge is 0.307 e. The van der Waals surface area contributed by atoms with Crippen LogP contribution in [0.15, 0.2) is 60.8 Å². The maximum absolute atomic E-state index is 14.5. The fourth-order valence-electron chi connectivity index (χ4n) is 4.47. The Labute approximate surface area is 191 Å². The largest absolute Gasteiger partial charge is 0.481 e. The molecular weight excluding hydrogens is 424 g/mol. The van der Waals surface area contributed by atoms with Crippen LogP contribution in [0.25, 0.3) is 0 Å². The van der Waals surface area contributed by atoms with E-state index in [9.17, 15) is 13.6 Å². The number of nitrogens with zero attached hydrogens (tertiary/aromatic N) is 1. The molecule has 0 saturated heterocycles. The maximum Gasteiger partial charge on any atom is 0.307 e. The zero-order chi connectivity index (χ0) is 23.4. The summed E-state index contributed by atoms with van der Waals surface area (Å²) < 4.78 is 28.1. The molecule has 5 nitrogen and oxygen atoms in total. The number of benzene rings is 2. The summed E-state index contributed by atoms with van der Waals surface area (Å²) in [7, 11) is 0. The second kappa shape index (κ2) is 10.1. The minimum atomic E-state index is -0.943. The number of halogens is 2. The van der Waals surface area contributed by atoms with Gasteiger partial charge in [0.1, 0.15) is 11.6 Å². The van der Waals surface area contributed by atoms with Gasteiger partial charge in [-0.25, -0.2) is 8.78 Å². The van der Waals surface area contributed by atoms with Crippen molar-refractivity contribution < 1.29 is 18.7 Å². The van der Waals surface area contributed by atoms with Gasteiger partial charge in [0.15, 0.2) is 0 Å². The number of pyridine rings is 1. The first-order chi connectivity index (χ1) is 15.9. The summed E-state index contributed by atoms with van der Waals surface area (Å²) >= 11 is 0. The van der Waals surface area contributed by atoms with Gasteiger partial charge in [0, 0.05) is 31.1 Å². The zero-order valence-electron chi connectivity index (χ0n) is 18.4. The number of hydrogen-bond donors (Lipinski definition) is 3. The highest BCUT2D eigenvalue weighted by Gasteiger charge is 2.29. The van der Waals surface area contributed by atoms with Crippen LogP contribution in [0.1, 0.15) is 41.3 Å². The Morgan fingerprint density at radius 1 is 1.21 bits per heavy atom. The van der Waals surface area contributed by atoms with Gasteiger partial charge in [-0.15, -0.1) is 0 Å². The average molecular weight is 452 g/mol. The molecule has 0 unspecified atom stereocenters. The van der Waals surface area contributed by atoms with E-state index in [1.807, 2.05) is 25.1 Å². The molecule has 0 fully saturated rings. The van der Waals surface area contributed by atoms with Gasteiger partial charge in [-0.3, -0.25) is 9.78 Å². The Morgan fingerprint density at radius 2 is 2.00 bits per heavy atom. The molecule has 1 aliphatic rings. The number of anilines is 1. The second-order valence-corrected chi connectivity index (χ2v) is 8.62. The molecule has 33 heavy (non-hydrogen) atoms. The molecule has 0 saturated carbocycles. The van der Waals surface area contributed by atoms with Crippen LogP contribution in [0, 0.1) is 17.6 Å². The third-order valence-corrected chi connectivity index (χ3v) is 6.17. The molecule has 0 radical (unpaired) electrons. The van der Waals surface area contributed by atoms with Crippen molar-refractivity contribution in [1.29, 1.82) is 0 Å². The van der Waals surface area contributed by atoms with E-state index in [-0.39, 0.29) is 35.9 Å². The average Bonchev–Trinajstić information content (AvgIpc) is 2.80. The molecule has 3 atom stereocenters. The number of carboxylic acids is 1. The van der Waals surface area contributed by atoms with Crippen LogP contribution in [-0.4, -0.2) is 29.1 Å². The summed E-state index contributed by atoms with van der Waals surface area (Å²) in [5, 5.41) is 16.0. The summed E-state index contributed by atoms with van der Waals surface area (Å²) in [5.41, 5.74) is 3.75. The van der Waals surface area contributed by atoms with Crippen LogP contribution in [-0.2, 0) is 17.6 Å². The normalized spacial score (nSPS) is 17.0. The summed E-state index contributed by atoms with van der Waals surface area (Å²) in [6.45, 7) is 3.09. The Bertz CT molecular complexity index is 1120. The minimum absolute atomic E-state index is 0.0218. The summed E-state index contributed by atoms with van der Waals surface area (Å²) in [5.74, 6) is -1.65. The lowest BCUT2D eigenvalue weighted by Gasteiger charge is -2.33. The van der Waals surface area contributed by atoms with Crippen molar-refractivity contribution in [3.05, 3.63) is 94.8 Å². The minimum Gasteiger partial charge on any atom is -0.481 e. The van der Waals surface area contributed by atoms with E-state index < -0.39 is 5.97 Å². The van der Waals surface area contributed by atoms with E-state index in [0.29, 0.717) is 30.6 Å². The van der Waals surface area contributed by atoms with Crippen LogP contribution >= 0.6 is 0 Å². The third kappa shape index (κ3) is 5.54. The molecular formula is C26H27F2N3O2. The van der Waals surface area contributed by atoms with Crippen LogP contribution in [0.4, 0.5) is 14.5 Å². The van der Waals surface area contributed by atoms with E-state index in [2.05, 4.69) is 27.8 Å². The molecule has 7 heteroatoms. The van der Waals surface area contributed by atoms with Crippen LogP contribution < -0.4 is 10.6 Å². The van der Waals surface area contributed by atoms with Gasteiger partial charge in [-0.05, 0) is 35.1 Å². The first kappa shape index (κ1) is 22.9. The standard InChI is InChI=1S/C26H27F2N3O2/c1-16(21-9-17(10-25(32)33)7-8-22(21)28)13-31-26(18-5-3-2-4-6-18)19-11-23-24(29-14-19)12-20(27)15-30-23/h2-9,12,15-16,19,26,29,31H,10-11,13-14H2,1H3,(H,32,33)/t16-,19+,26-/m1/s1. The van der Waals surface area contributed by atoms with Gasteiger partial charge in [0.05, 0.1) is 24.0 Å². The van der Waals surface area contributed by atoms with Gasteiger partial charge in [-0.1, -0.05) is 49.4 Å². The lowest BCUT2D eigenvalue weighted by Crippen LogP contribution is -2.38. The number of rotatable bonds is 8. The van der Waals surface area contributed by atoms with Crippen molar-refractivity contribution >= 4 is 11.7 Å². The predicted molar refractivity (Wildman–Crippen MR) is 123 cm³/mol. The molecule has 3 aromatic rings. The number of aromatic nitrogens is 1. The van der Waals surface area contributed by atoms with Gasteiger partial charge < -0.3 is 15.7 Å². The van der Waals surface area contributed by atoms with E-state index in [0.717, 1.165) is 16.9 Å². The van der Waals surface area contributed by atoms with Crippen molar-refractivity contribution in [2.45, 2.75) is 31.7 Å². The van der Waals surface area contributed by atoms with Crippen molar-refractivity contribution in [3.63, 3.8) is 0 Å². The highest BCUT2D eigenvalue weighted by Crippen LogP contribution is 2.32. The molecule has 0 amide bonds. The topological polar surface area (TPSA) is 74.2 Å². The molecule has 0 spiro atoms. The van der Waals surface area contributed by atoms with E-state index in [1.165, 1.54) is 24.4 Å². The van der Waals surface area contributed by atoms with E-state index in [1.54, 1.807) is 6.07 Å².